The Kier molecular flexibility index (Phi) is 7.59. The van der Waals surface area contributed by atoms with Gasteiger partial charge in [0.2, 0.25) is 5.91 Å². The lowest BCUT2D eigenvalue weighted by Crippen LogP contribution is -2.58. The molecule has 2 aliphatic rings. The van der Waals surface area contributed by atoms with E-state index in [0.29, 0.717) is 25.9 Å². The molecule has 0 aliphatic carbocycles. The molecule has 2 rings (SSSR count). The Labute approximate surface area is 188 Å². The summed E-state index contributed by atoms with van der Waals surface area (Å²) in [5, 5.41) is 0. The van der Waals surface area contributed by atoms with E-state index >= 15 is 0 Å². The maximum atomic E-state index is 13.2. The van der Waals surface area contributed by atoms with Crippen LogP contribution in [0.1, 0.15) is 74.1 Å². The number of amides is 3. The largest absolute Gasteiger partial charge is 0.444 e. The molecule has 0 saturated carbocycles. The first-order chi connectivity index (χ1) is 14.2. The van der Waals surface area contributed by atoms with Crippen molar-refractivity contribution in [2.75, 3.05) is 26.2 Å². The van der Waals surface area contributed by atoms with Gasteiger partial charge in [-0.3, -0.25) is 9.69 Å². The van der Waals surface area contributed by atoms with Crippen LogP contribution in [0.3, 0.4) is 0 Å². The van der Waals surface area contributed by atoms with Crippen LogP contribution in [-0.4, -0.2) is 89.5 Å². The van der Waals surface area contributed by atoms with Crippen LogP contribution < -0.4 is 0 Å². The highest BCUT2D eigenvalue weighted by molar-refractivity contribution is 6.13. The summed E-state index contributed by atoms with van der Waals surface area (Å²) in [6, 6.07) is 0. The highest BCUT2D eigenvalue weighted by atomic mass is 16.6. The molecular weight excluding hydrogens is 397 g/mol. The van der Waals surface area contributed by atoms with Crippen molar-refractivity contribution in [3.63, 3.8) is 0 Å². The monoisotopic (exact) mass is 435 g/mol. The molecule has 0 aromatic rings. The van der Waals surface area contributed by atoms with Gasteiger partial charge >= 0.3 is 12.2 Å². The third-order valence-corrected chi connectivity index (χ3v) is 5.74. The second-order valence-corrected chi connectivity index (χ2v) is 10.6. The van der Waals surface area contributed by atoms with Crippen molar-refractivity contribution < 1.29 is 23.9 Å². The summed E-state index contributed by atoms with van der Waals surface area (Å²) in [7, 11) is 6.07. The van der Waals surface area contributed by atoms with Gasteiger partial charge in [0.15, 0.2) is 0 Å². The number of carbonyl (C=O) groups is 3. The molecule has 0 unspecified atom stereocenters. The molecule has 0 aromatic carbocycles. The van der Waals surface area contributed by atoms with E-state index in [1.54, 1.807) is 30.6 Å². The molecule has 174 valence electrons. The lowest BCUT2D eigenvalue weighted by Gasteiger charge is -2.41. The molecular formula is C22H38BN3O5. The smallest absolute Gasteiger partial charge is 0.411 e. The van der Waals surface area contributed by atoms with Crippen LogP contribution in [0.15, 0.2) is 0 Å². The SMILES string of the molecule is [B][C@@H]1CCCN1C(=O)CN(C(=O)OC(C)(C)C)[C@]1(CC)CCN(C(=O)OC(C)(C)C)C1. The van der Waals surface area contributed by atoms with Crippen molar-refractivity contribution in [1.29, 1.82) is 0 Å². The maximum Gasteiger partial charge on any atom is 0.411 e. The minimum absolute atomic E-state index is 0.126. The predicted molar refractivity (Wildman–Crippen MR) is 119 cm³/mol. The van der Waals surface area contributed by atoms with Crippen LogP contribution in [0.2, 0.25) is 0 Å². The van der Waals surface area contributed by atoms with E-state index in [1.807, 2.05) is 27.7 Å². The number of hydrogen-bond donors (Lipinski definition) is 0. The number of nitrogens with zero attached hydrogens (tertiary/aromatic N) is 3. The normalized spacial score (nSPS) is 24.3. The second kappa shape index (κ2) is 9.29. The number of likely N-dealkylation sites (tertiary alicyclic amines) is 2. The topological polar surface area (TPSA) is 79.4 Å². The molecule has 0 N–H and O–H groups in total. The quantitative estimate of drug-likeness (QED) is 0.634. The molecule has 2 saturated heterocycles. The molecule has 2 radical (unpaired) electrons. The summed E-state index contributed by atoms with van der Waals surface area (Å²) in [4.78, 5) is 43.6. The fourth-order valence-electron chi connectivity index (χ4n) is 4.11. The van der Waals surface area contributed by atoms with Crippen molar-refractivity contribution in [3.8, 4) is 0 Å². The standard InChI is InChI=1S/C22H38BN3O5/c1-8-22(11-13-24(15-22)18(28)30-20(2,3)4)26(19(29)31-21(5,6)7)14-17(27)25-12-9-10-16(25)23/h16H,8-15H2,1-7H3/t16-,22+/m0/s1. The Morgan fingerprint density at radius 3 is 2.16 bits per heavy atom. The molecule has 0 aromatic heterocycles. The molecule has 9 heteroatoms. The Balaban J connectivity index is 2.26. The van der Waals surface area contributed by atoms with Crippen LogP contribution in [0.5, 0.6) is 0 Å². The van der Waals surface area contributed by atoms with E-state index in [1.165, 1.54) is 4.90 Å². The van der Waals surface area contributed by atoms with Crippen LogP contribution in [0.25, 0.3) is 0 Å². The molecule has 2 atom stereocenters. The third-order valence-electron chi connectivity index (χ3n) is 5.74. The average Bonchev–Trinajstić information content (AvgIpc) is 3.23. The molecule has 2 fully saturated rings. The Morgan fingerprint density at radius 2 is 1.68 bits per heavy atom. The van der Waals surface area contributed by atoms with Crippen LogP contribution >= 0.6 is 0 Å². The fourth-order valence-corrected chi connectivity index (χ4v) is 4.11. The molecule has 8 nitrogen and oxygen atoms in total. The Bertz CT molecular complexity index is 688. The van der Waals surface area contributed by atoms with Gasteiger partial charge in [-0.15, -0.1) is 0 Å². The second-order valence-electron chi connectivity index (χ2n) is 10.6. The number of rotatable bonds is 4. The third kappa shape index (κ3) is 6.53. The zero-order valence-corrected chi connectivity index (χ0v) is 20.2. The van der Waals surface area contributed by atoms with Crippen molar-refractivity contribution >= 4 is 25.9 Å². The van der Waals surface area contributed by atoms with E-state index in [0.717, 1.165) is 12.8 Å². The van der Waals surface area contributed by atoms with Crippen molar-refractivity contribution in [3.05, 3.63) is 0 Å². The van der Waals surface area contributed by atoms with E-state index in [9.17, 15) is 14.4 Å². The first kappa shape index (κ1) is 25.3. The minimum atomic E-state index is -0.710. The lowest BCUT2D eigenvalue weighted by atomic mass is 9.92. The first-order valence-corrected chi connectivity index (χ1v) is 11.2. The average molecular weight is 435 g/mol. The number of hydrogen-bond acceptors (Lipinski definition) is 5. The Hall–Kier alpha value is -1.93. The number of carbonyl (C=O) groups excluding carboxylic acids is 3. The molecule has 2 heterocycles. The van der Waals surface area contributed by atoms with Crippen molar-refractivity contribution in [2.45, 2.75) is 96.8 Å². The van der Waals surface area contributed by atoms with Crippen molar-refractivity contribution in [1.82, 2.24) is 14.7 Å². The maximum absolute atomic E-state index is 13.2. The number of ether oxygens (including phenoxy) is 2. The molecule has 2 aliphatic heterocycles. The highest BCUT2D eigenvalue weighted by Crippen LogP contribution is 2.34. The molecule has 31 heavy (non-hydrogen) atoms. The van der Waals surface area contributed by atoms with Crippen LogP contribution in [0, 0.1) is 0 Å². The summed E-state index contributed by atoms with van der Waals surface area (Å²) in [6.45, 7) is 14.0. The van der Waals surface area contributed by atoms with E-state index in [-0.39, 0.29) is 24.9 Å². The van der Waals surface area contributed by atoms with Gasteiger partial charge < -0.3 is 19.3 Å². The van der Waals surface area contributed by atoms with Crippen molar-refractivity contribution in [2.24, 2.45) is 0 Å². The Morgan fingerprint density at radius 1 is 1.06 bits per heavy atom. The lowest BCUT2D eigenvalue weighted by molar-refractivity contribution is -0.133. The highest BCUT2D eigenvalue weighted by Gasteiger charge is 2.48. The molecule has 0 spiro atoms. The van der Waals surface area contributed by atoms with Gasteiger partial charge in [-0.1, -0.05) is 6.92 Å². The summed E-state index contributed by atoms with van der Waals surface area (Å²) in [5.41, 5.74) is -2.03. The van der Waals surface area contributed by atoms with Gasteiger partial charge in [0.1, 0.15) is 17.7 Å². The van der Waals surface area contributed by atoms with Crippen LogP contribution in [-0.2, 0) is 14.3 Å². The van der Waals surface area contributed by atoms with Gasteiger partial charge in [-0.05, 0) is 73.2 Å². The first-order valence-electron chi connectivity index (χ1n) is 11.2. The minimum Gasteiger partial charge on any atom is -0.444 e. The summed E-state index contributed by atoms with van der Waals surface area (Å²) in [6.07, 6.45) is 1.75. The molecule has 0 bridgehead atoms. The van der Waals surface area contributed by atoms with E-state index in [2.05, 4.69) is 0 Å². The van der Waals surface area contributed by atoms with Gasteiger partial charge in [0, 0.05) is 19.6 Å². The van der Waals surface area contributed by atoms with Gasteiger partial charge in [0.05, 0.1) is 13.4 Å². The molecule has 3 amide bonds. The summed E-state index contributed by atoms with van der Waals surface area (Å²) >= 11 is 0. The van der Waals surface area contributed by atoms with Crippen LogP contribution in [0.4, 0.5) is 9.59 Å². The zero-order chi connectivity index (χ0) is 23.6. The zero-order valence-electron chi connectivity index (χ0n) is 20.2. The van der Waals surface area contributed by atoms with Gasteiger partial charge in [-0.25, -0.2) is 9.59 Å². The van der Waals surface area contributed by atoms with Gasteiger partial charge in [0.25, 0.3) is 0 Å². The fraction of sp³-hybridized carbons (Fsp3) is 0.864. The van der Waals surface area contributed by atoms with E-state index in [4.69, 9.17) is 17.3 Å². The summed E-state index contributed by atoms with van der Waals surface area (Å²) in [5.74, 6) is -0.521. The van der Waals surface area contributed by atoms with Gasteiger partial charge in [-0.2, -0.15) is 0 Å². The summed E-state index contributed by atoms with van der Waals surface area (Å²) < 4.78 is 11.2. The predicted octanol–water partition coefficient (Wildman–Crippen LogP) is 3.13. The van der Waals surface area contributed by atoms with E-state index < -0.39 is 28.9 Å².